The molecule has 0 radical (unpaired) electrons. The molecule has 0 aliphatic carbocycles. The Labute approximate surface area is 184 Å². The summed E-state index contributed by atoms with van der Waals surface area (Å²) in [5.41, 5.74) is 2.87. The number of hydrogen-bond donors (Lipinski definition) is 3. The van der Waals surface area contributed by atoms with Crippen molar-refractivity contribution in [3.63, 3.8) is 0 Å². The van der Waals surface area contributed by atoms with Gasteiger partial charge in [-0.2, -0.15) is 0 Å². The predicted octanol–water partition coefficient (Wildman–Crippen LogP) is 2.23. The largest absolute Gasteiger partial charge is 0.497 e. The Morgan fingerprint density at radius 2 is 1.61 bits per heavy atom. The van der Waals surface area contributed by atoms with E-state index in [1.807, 2.05) is 48.5 Å². The second-order valence-corrected chi connectivity index (χ2v) is 7.84. The summed E-state index contributed by atoms with van der Waals surface area (Å²) in [6.07, 6.45) is 0. The number of nitrogens with zero attached hydrogens (tertiary/aromatic N) is 1. The van der Waals surface area contributed by atoms with Crippen LogP contribution in [0.3, 0.4) is 0 Å². The highest BCUT2D eigenvalue weighted by molar-refractivity contribution is 14.0. The van der Waals surface area contributed by atoms with Crippen molar-refractivity contribution in [2.75, 3.05) is 21.2 Å². The van der Waals surface area contributed by atoms with E-state index in [2.05, 4.69) is 20.3 Å². The van der Waals surface area contributed by atoms with Crippen molar-refractivity contribution in [1.29, 1.82) is 0 Å². The number of nitrogens with one attached hydrogen (secondary N) is 3. The number of halogens is 1. The molecular formula is C19H27IN4O3S. The number of hydrogen-bond acceptors (Lipinski definition) is 4. The minimum Gasteiger partial charge on any atom is -0.497 e. The number of methoxy groups -OCH3 is 1. The van der Waals surface area contributed by atoms with Gasteiger partial charge in [0.2, 0.25) is 10.0 Å². The molecule has 0 aliphatic heterocycles. The summed E-state index contributed by atoms with van der Waals surface area (Å²) in [4.78, 5) is 4.21. The van der Waals surface area contributed by atoms with Gasteiger partial charge in [0.15, 0.2) is 5.96 Å². The van der Waals surface area contributed by atoms with Crippen LogP contribution in [0.4, 0.5) is 0 Å². The fourth-order valence-corrected chi connectivity index (χ4v) is 3.20. The van der Waals surface area contributed by atoms with Crippen LogP contribution in [-0.2, 0) is 28.9 Å². The maximum atomic E-state index is 11.6. The van der Waals surface area contributed by atoms with Crippen molar-refractivity contribution < 1.29 is 13.2 Å². The first-order chi connectivity index (χ1) is 13.0. The van der Waals surface area contributed by atoms with Crippen LogP contribution in [0.15, 0.2) is 53.5 Å². The summed E-state index contributed by atoms with van der Waals surface area (Å²) >= 11 is 0. The minimum atomic E-state index is -3.26. The summed E-state index contributed by atoms with van der Waals surface area (Å²) < 4.78 is 30.7. The van der Waals surface area contributed by atoms with Crippen LogP contribution in [0.1, 0.15) is 16.7 Å². The molecule has 0 spiro atoms. The average Bonchev–Trinajstić information content (AvgIpc) is 2.69. The molecule has 9 heteroatoms. The van der Waals surface area contributed by atoms with E-state index in [-0.39, 0.29) is 29.7 Å². The molecular weight excluding hydrogens is 491 g/mol. The highest BCUT2D eigenvalue weighted by Gasteiger charge is 2.08. The van der Waals surface area contributed by atoms with Gasteiger partial charge < -0.3 is 15.4 Å². The molecule has 2 aromatic rings. The van der Waals surface area contributed by atoms with Crippen LogP contribution in [-0.4, -0.2) is 35.6 Å². The Morgan fingerprint density at radius 3 is 2.18 bits per heavy atom. The molecule has 2 aromatic carbocycles. The summed E-state index contributed by atoms with van der Waals surface area (Å²) in [6, 6.07) is 15.3. The fraction of sp³-hybridized carbons (Fsp3) is 0.316. The molecule has 0 saturated heterocycles. The molecule has 0 unspecified atom stereocenters. The van der Waals surface area contributed by atoms with Crippen molar-refractivity contribution in [2.45, 2.75) is 18.8 Å². The van der Waals surface area contributed by atoms with E-state index in [9.17, 15) is 8.42 Å². The third-order valence-corrected chi connectivity index (χ3v) is 5.30. The topological polar surface area (TPSA) is 91.8 Å². The van der Waals surface area contributed by atoms with Crippen LogP contribution in [0.2, 0.25) is 0 Å². The lowest BCUT2D eigenvalue weighted by atomic mass is 10.1. The van der Waals surface area contributed by atoms with E-state index in [1.165, 1.54) is 7.05 Å². The van der Waals surface area contributed by atoms with Crippen molar-refractivity contribution in [3.05, 3.63) is 65.2 Å². The standard InChI is InChI=1S/C19H26N4O3S.HI/c1-20-19(23-13-17-5-4-6-18(11-17)26-3)22-12-15-7-9-16(10-8-15)14-27(24,25)21-2;/h4-11,21H,12-14H2,1-3H3,(H2,20,22,23);1H. The lowest BCUT2D eigenvalue weighted by Gasteiger charge is -2.13. The van der Waals surface area contributed by atoms with Gasteiger partial charge in [0.1, 0.15) is 5.75 Å². The molecule has 2 rings (SSSR count). The summed E-state index contributed by atoms with van der Waals surface area (Å²) in [5.74, 6) is 1.47. The zero-order chi connectivity index (χ0) is 19.7. The summed E-state index contributed by atoms with van der Waals surface area (Å²) in [6.45, 7) is 1.20. The van der Waals surface area contributed by atoms with E-state index < -0.39 is 10.0 Å². The van der Waals surface area contributed by atoms with Crippen LogP contribution in [0.5, 0.6) is 5.75 Å². The molecule has 28 heavy (non-hydrogen) atoms. The predicted molar refractivity (Wildman–Crippen MR) is 124 cm³/mol. The molecule has 0 saturated carbocycles. The minimum absolute atomic E-state index is 0. The molecule has 3 N–H and O–H groups in total. The maximum absolute atomic E-state index is 11.6. The highest BCUT2D eigenvalue weighted by atomic mass is 127. The van der Waals surface area contributed by atoms with E-state index in [1.54, 1.807) is 14.2 Å². The van der Waals surface area contributed by atoms with Gasteiger partial charge in [0.25, 0.3) is 0 Å². The van der Waals surface area contributed by atoms with Crippen LogP contribution in [0, 0.1) is 0 Å². The molecule has 0 heterocycles. The first-order valence-electron chi connectivity index (χ1n) is 8.52. The molecule has 0 atom stereocenters. The molecule has 0 aromatic heterocycles. The third-order valence-electron chi connectivity index (χ3n) is 3.97. The molecule has 0 aliphatic rings. The highest BCUT2D eigenvalue weighted by Crippen LogP contribution is 2.12. The molecule has 0 bridgehead atoms. The van der Waals surface area contributed by atoms with Gasteiger partial charge in [-0.1, -0.05) is 36.4 Å². The zero-order valence-electron chi connectivity index (χ0n) is 16.2. The van der Waals surface area contributed by atoms with Gasteiger partial charge >= 0.3 is 0 Å². The van der Waals surface area contributed by atoms with E-state index in [0.717, 1.165) is 22.4 Å². The lowest BCUT2D eigenvalue weighted by Crippen LogP contribution is -2.36. The summed E-state index contributed by atoms with van der Waals surface area (Å²) in [7, 11) is 1.52. The average molecular weight is 518 g/mol. The SMILES string of the molecule is CN=C(NCc1ccc(CS(=O)(=O)NC)cc1)NCc1cccc(OC)c1.I. The number of guanidine groups is 1. The van der Waals surface area contributed by atoms with Crippen molar-refractivity contribution >= 4 is 40.0 Å². The van der Waals surface area contributed by atoms with E-state index in [4.69, 9.17) is 4.74 Å². The van der Waals surface area contributed by atoms with Gasteiger partial charge in [0.05, 0.1) is 12.9 Å². The summed E-state index contributed by atoms with van der Waals surface area (Å²) in [5, 5.41) is 6.49. The van der Waals surface area contributed by atoms with Gasteiger partial charge in [-0.3, -0.25) is 4.99 Å². The van der Waals surface area contributed by atoms with Crippen LogP contribution in [0.25, 0.3) is 0 Å². The number of ether oxygens (including phenoxy) is 1. The van der Waals surface area contributed by atoms with E-state index in [0.29, 0.717) is 19.0 Å². The van der Waals surface area contributed by atoms with E-state index >= 15 is 0 Å². The van der Waals surface area contributed by atoms with Gasteiger partial charge in [-0.15, -0.1) is 24.0 Å². The quantitative estimate of drug-likeness (QED) is 0.283. The Kier molecular flexibility index (Phi) is 10.3. The maximum Gasteiger partial charge on any atom is 0.215 e. The van der Waals surface area contributed by atoms with Crippen LogP contribution >= 0.6 is 24.0 Å². The second kappa shape index (κ2) is 11.9. The molecule has 0 amide bonds. The smallest absolute Gasteiger partial charge is 0.215 e. The first-order valence-corrected chi connectivity index (χ1v) is 10.2. The van der Waals surface area contributed by atoms with Crippen molar-refractivity contribution in [2.24, 2.45) is 4.99 Å². The first kappa shape index (κ1) is 24.2. The number of sulfonamides is 1. The van der Waals surface area contributed by atoms with Crippen molar-refractivity contribution in [1.82, 2.24) is 15.4 Å². The van der Waals surface area contributed by atoms with Gasteiger partial charge in [-0.25, -0.2) is 13.1 Å². The van der Waals surface area contributed by atoms with Crippen LogP contribution < -0.4 is 20.1 Å². The van der Waals surface area contributed by atoms with Gasteiger partial charge in [-0.05, 0) is 35.9 Å². The number of benzene rings is 2. The number of aliphatic imine (C=N–C) groups is 1. The molecule has 0 fully saturated rings. The van der Waals surface area contributed by atoms with Gasteiger partial charge in [0, 0.05) is 20.1 Å². The Hall–Kier alpha value is -1.85. The lowest BCUT2D eigenvalue weighted by molar-refractivity contribution is 0.414. The Bertz CT molecular complexity index is 871. The fourth-order valence-electron chi connectivity index (χ4n) is 2.42. The molecule has 7 nitrogen and oxygen atoms in total. The monoisotopic (exact) mass is 518 g/mol. The Morgan fingerprint density at radius 1 is 1.00 bits per heavy atom. The third kappa shape index (κ3) is 8.03. The normalized spacial score (nSPS) is 11.5. The second-order valence-electron chi connectivity index (χ2n) is 5.91. The Balaban J connectivity index is 0.00000392. The zero-order valence-corrected chi connectivity index (χ0v) is 19.4. The number of rotatable bonds is 8. The van der Waals surface area contributed by atoms with Crippen molar-refractivity contribution in [3.8, 4) is 5.75 Å². The molecule has 154 valence electrons.